The zero-order valence-corrected chi connectivity index (χ0v) is 12.0. The normalized spacial score (nSPS) is 10.9. The lowest BCUT2D eigenvalue weighted by molar-refractivity contribution is 0.201. The molecule has 0 spiro atoms. The van der Waals surface area contributed by atoms with E-state index in [0.29, 0.717) is 6.61 Å². The number of nitrogens with zero attached hydrogens (tertiary/aromatic N) is 1. The Hall–Kier alpha value is -1.91. The lowest BCUT2D eigenvalue weighted by Gasteiger charge is -2.02. The molecule has 0 fully saturated rings. The average Bonchev–Trinajstić information content (AvgIpc) is 2.88. The van der Waals surface area contributed by atoms with Gasteiger partial charge in [-0.15, -0.1) is 11.3 Å². The van der Waals surface area contributed by atoms with Crippen LogP contribution in [0, 0.1) is 6.92 Å². The van der Waals surface area contributed by atoms with Gasteiger partial charge in [0.15, 0.2) is 0 Å². The van der Waals surface area contributed by atoms with E-state index in [1.807, 2.05) is 30.3 Å². The van der Waals surface area contributed by atoms with Crippen LogP contribution >= 0.6 is 11.3 Å². The number of aliphatic hydroxyl groups excluding tert-OH is 1. The van der Waals surface area contributed by atoms with Crippen molar-refractivity contribution in [3.05, 3.63) is 48.0 Å². The molecular weight excluding hydrogens is 270 g/mol. The van der Waals surface area contributed by atoms with Gasteiger partial charge in [0.25, 0.3) is 0 Å². The minimum atomic E-state index is 0.0230. The Kier molecular flexibility index (Phi) is 3.67. The molecule has 20 heavy (non-hydrogen) atoms. The first-order valence-corrected chi connectivity index (χ1v) is 7.30. The minimum Gasteiger partial charge on any atom is -0.491 e. The maximum absolute atomic E-state index is 8.79. The van der Waals surface area contributed by atoms with Crippen molar-refractivity contribution in [2.24, 2.45) is 0 Å². The summed E-state index contributed by atoms with van der Waals surface area (Å²) in [6.07, 6.45) is 0. The van der Waals surface area contributed by atoms with Crippen molar-refractivity contribution in [3.63, 3.8) is 0 Å². The van der Waals surface area contributed by atoms with Crippen molar-refractivity contribution in [1.82, 2.24) is 4.98 Å². The summed E-state index contributed by atoms with van der Waals surface area (Å²) in [5.41, 5.74) is 3.37. The van der Waals surface area contributed by atoms with E-state index in [0.717, 1.165) is 21.0 Å². The summed E-state index contributed by atoms with van der Waals surface area (Å²) in [6.45, 7) is 2.43. The van der Waals surface area contributed by atoms with Crippen molar-refractivity contribution < 1.29 is 9.84 Å². The molecule has 0 aliphatic heterocycles. The molecule has 0 radical (unpaired) electrons. The highest BCUT2D eigenvalue weighted by molar-refractivity contribution is 7.21. The molecule has 0 aliphatic rings. The summed E-state index contributed by atoms with van der Waals surface area (Å²) < 4.78 is 6.53. The van der Waals surface area contributed by atoms with Gasteiger partial charge in [-0.3, -0.25) is 0 Å². The fourth-order valence-electron chi connectivity index (χ4n) is 2.09. The predicted molar refractivity (Wildman–Crippen MR) is 82.4 cm³/mol. The first kappa shape index (κ1) is 13.1. The number of aryl methyl sites for hydroxylation is 1. The van der Waals surface area contributed by atoms with Crippen LogP contribution in [0.5, 0.6) is 5.75 Å². The second-order valence-electron chi connectivity index (χ2n) is 4.54. The summed E-state index contributed by atoms with van der Waals surface area (Å²) in [7, 11) is 0. The van der Waals surface area contributed by atoms with Crippen molar-refractivity contribution >= 4 is 21.6 Å². The number of aliphatic hydroxyl groups is 1. The first-order valence-electron chi connectivity index (χ1n) is 6.48. The van der Waals surface area contributed by atoms with Crippen molar-refractivity contribution in [3.8, 4) is 16.3 Å². The molecule has 0 unspecified atom stereocenters. The Balaban J connectivity index is 2.00. The van der Waals surface area contributed by atoms with E-state index >= 15 is 0 Å². The van der Waals surface area contributed by atoms with Crippen molar-refractivity contribution in [1.29, 1.82) is 0 Å². The molecule has 1 heterocycles. The molecule has 0 bridgehead atoms. The third-order valence-electron chi connectivity index (χ3n) is 3.10. The fraction of sp³-hybridized carbons (Fsp3) is 0.188. The van der Waals surface area contributed by atoms with Gasteiger partial charge in [0.2, 0.25) is 0 Å². The van der Waals surface area contributed by atoms with E-state index in [-0.39, 0.29) is 6.61 Å². The maximum Gasteiger partial charge on any atom is 0.124 e. The number of hydrogen-bond donors (Lipinski definition) is 1. The van der Waals surface area contributed by atoms with Gasteiger partial charge >= 0.3 is 0 Å². The van der Waals surface area contributed by atoms with E-state index < -0.39 is 0 Å². The molecule has 3 rings (SSSR count). The van der Waals surface area contributed by atoms with Crippen LogP contribution in [-0.2, 0) is 0 Å². The highest BCUT2D eigenvalue weighted by atomic mass is 32.1. The molecule has 3 aromatic rings. The number of ether oxygens (including phenoxy) is 1. The molecule has 0 saturated carbocycles. The van der Waals surface area contributed by atoms with E-state index in [9.17, 15) is 0 Å². The lowest BCUT2D eigenvalue weighted by atomic mass is 10.1. The van der Waals surface area contributed by atoms with Gasteiger partial charge in [0.1, 0.15) is 17.4 Å². The highest BCUT2D eigenvalue weighted by Crippen LogP contribution is 2.33. The number of thiazole rings is 1. The maximum atomic E-state index is 8.79. The predicted octanol–water partition coefficient (Wildman–Crippen LogP) is 3.64. The minimum absolute atomic E-state index is 0.0230. The Labute approximate surface area is 121 Å². The number of benzene rings is 2. The van der Waals surface area contributed by atoms with Gasteiger partial charge in [-0.2, -0.15) is 0 Å². The number of aromatic nitrogens is 1. The quantitative estimate of drug-likeness (QED) is 0.795. The largest absolute Gasteiger partial charge is 0.491 e. The zero-order chi connectivity index (χ0) is 13.9. The van der Waals surface area contributed by atoms with Crippen molar-refractivity contribution in [2.75, 3.05) is 13.2 Å². The van der Waals surface area contributed by atoms with Gasteiger partial charge in [-0.1, -0.05) is 24.3 Å². The van der Waals surface area contributed by atoms with Gasteiger partial charge < -0.3 is 9.84 Å². The molecular formula is C16H15NO2S. The van der Waals surface area contributed by atoms with E-state index in [4.69, 9.17) is 9.84 Å². The standard InChI is InChI=1S/C16H15NO2S/c1-11-4-2-3-5-13(11)16-17-14-7-6-12(19-9-8-18)10-15(14)20-16/h2-7,10,18H,8-9H2,1H3. The summed E-state index contributed by atoms with van der Waals surface area (Å²) in [5, 5.41) is 9.81. The van der Waals surface area contributed by atoms with Gasteiger partial charge in [-0.25, -0.2) is 4.98 Å². The monoisotopic (exact) mass is 285 g/mol. The summed E-state index contributed by atoms with van der Waals surface area (Å²) in [5.74, 6) is 0.770. The van der Waals surface area contributed by atoms with Crippen LogP contribution in [-0.4, -0.2) is 23.3 Å². The molecule has 2 aromatic carbocycles. The number of hydrogen-bond acceptors (Lipinski definition) is 4. The van der Waals surface area contributed by atoms with Crippen LogP contribution in [0.25, 0.3) is 20.8 Å². The van der Waals surface area contributed by atoms with Crippen LogP contribution in [0.4, 0.5) is 0 Å². The molecule has 0 atom stereocenters. The fourth-order valence-corrected chi connectivity index (χ4v) is 3.17. The van der Waals surface area contributed by atoms with Crippen LogP contribution in [0.3, 0.4) is 0 Å². The van der Waals surface area contributed by atoms with E-state index in [2.05, 4.69) is 24.0 Å². The third-order valence-corrected chi connectivity index (χ3v) is 4.15. The smallest absolute Gasteiger partial charge is 0.124 e. The topological polar surface area (TPSA) is 42.4 Å². The van der Waals surface area contributed by atoms with Crippen LogP contribution in [0.1, 0.15) is 5.56 Å². The van der Waals surface area contributed by atoms with E-state index in [1.54, 1.807) is 11.3 Å². The Morgan fingerprint density at radius 3 is 2.85 bits per heavy atom. The van der Waals surface area contributed by atoms with Crippen LogP contribution in [0.15, 0.2) is 42.5 Å². The molecule has 3 nitrogen and oxygen atoms in total. The lowest BCUT2D eigenvalue weighted by Crippen LogP contribution is -2.00. The Morgan fingerprint density at radius 1 is 1.20 bits per heavy atom. The second kappa shape index (κ2) is 5.61. The van der Waals surface area contributed by atoms with Gasteiger partial charge in [-0.05, 0) is 30.7 Å². The zero-order valence-electron chi connectivity index (χ0n) is 11.2. The molecule has 4 heteroatoms. The van der Waals surface area contributed by atoms with Crippen LogP contribution < -0.4 is 4.74 Å². The molecule has 0 saturated heterocycles. The SMILES string of the molecule is Cc1ccccc1-c1nc2ccc(OCCO)cc2s1. The van der Waals surface area contributed by atoms with Gasteiger partial charge in [0, 0.05) is 5.56 Å². The molecule has 102 valence electrons. The Morgan fingerprint density at radius 2 is 2.05 bits per heavy atom. The summed E-state index contributed by atoms with van der Waals surface area (Å²) >= 11 is 1.66. The highest BCUT2D eigenvalue weighted by Gasteiger charge is 2.09. The molecule has 1 N–H and O–H groups in total. The molecule has 1 aromatic heterocycles. The third kappa shape index (κ3) is 2.53. The van der Waals surface area contributed by atoms with Gasteiger partial charge in [0.05, 0.1) is 16.8 Å². The van der Waals surface area contributed by atoms with Crippen LogP contribution in [0.2, 0.25) is 0 Å². The molecule has 0 amide bonds. The molecule has 0 aliphatic carbocycles. The first-order chi connectivity index (χ1) is 9.78. The summed E-state index contributed by atoms with van der Waals surface area (Å²) in [6, 6.07) is 14.1. The average molecular weight is 285 g/mol. The second-order valence-corrected chi connectivity index (χ2v) is 5.57. The van der Waals surface area contributed by atoms with Crippen molar-refractivity contribution in [2.45, 2.75) is 6.92 Å². The number of fused-ring (bicyclic) bond motifs is 1. The summed E-state index contributed by atoms with van der Waals surface area (Å²) in [4.78, 5) is 4.68. The van der Waals surface area contributed by atoms with E-state index in [1.165, 1.54) is 11.1 Å². The Bertz CT molecular complexity index is 736. The number of rotatable bonds is 4.